The van der Waals surface area contributed by atoms with E-state index in [4.69, 9.17) is 0 Å². The molecule has 0 saturated carbocycles. The van der Waals surface area contributed by atoms with Crippen LogP contribution >= 0.6 is 0 Å². The minimum absolute atomic E-state index is 0.107. The molecule has 0 aromatic rings. The van der Waals surface area contributed by atoms with Gasteiger partial charge in [-0.1, -0.05) is 102 Å². The van der Waals surface area contributed by atoms with Crippen LogP contribution in [0.1, 0.15) is 117 Å². The average molecular weight is 450 g/mol. The van der Waals surface area contributed by atoms with E-state index < -0.39 is 12.1 Å². The summed E-state index contributed by atoms with van der Waals surface area (Å²) in [6.45, 7) is 4.09. The summed E-state index contributed by atoms with van der Waals surface area (Å²) < 4.78 is 0. The van der Waals surface area contributed by atoms with E-state index in [1.54, 1.807) is 6.08 Å². The van der Waals surface area contributed by atoms with Crippen molar-refractivity contribution in [3.05, 3.63) is 36.5 Å². The van der Waals surface area contributed by atoms with Crippen LogP contribution in [0.25, 0.3) is 0 Å². The molecule has 0 saturated heterocycles. The van der Waals surface area contributed by atoms with Gasteiger partial charge in [0.25, 0.3) is 0 Å². The van der Waals surface area contributed by atoms with Crippen molar-refractivity contribution in [1.29, 1.82) is 0 Å². The molecule has 0 bridgehead atoms. The zero-order valence-corrected chi connectivity index (χ0v) is 20.9. The Morgan fingerprint density at radius 3 is 1.81 bits per heavy atom. The van der Waals surface area contributed by atoms with Gasteiger partial charge in [0.05, 0.1) is 18.8 Å². The fourth-order valence-electron chi connectivity index (χ4n) is 3.50. The molecule has 0 heterocycles. The summed E-state index contributed by atoms with van der Waals surface area (Å²) in [5.41, 5.74) is 0. The Bertz CT molecular complexity index is 499. The Morgan fingerprint density at radius 1 is 0.719 bits per heavy atom. The lowest BCUT2D eigenvalue weighted by atomic mass is 10.1. The minimum atomic E-state index is -0.861. The van der Waals surface area contributed by atoms with E-state index in [0.717, 1.165) is 44.9 Å². The highest BCUT2D eigenvalue weighted by atomic mass is 16.3. The van der Waals surface area contributed by atoms with E-state index in [0.29, 0.717) is 6.42 Å². The summed E-state index contributed by atoms with van der Waals surface area (Å²) >= 11 is 0. The van der Waals surface area contributed by atoms with Crippen LogP contribution in [-0.2, 0) is 4.79 Å². The third kappa shape index (κ3) is 20.5. The predicted molar refractivity (Wildman–Crippen MR) is 138 cm³/mol. The summed E-state index contributed by atoms with van der Waals surface area (Å²) in [7, 11) is 0. The number of amides is 1. The molecule has 4 heteroatoms. The highest BCUT2D eigenvalue weighted by Crippen LogP contribution is 2.09. The number of rotatable bonds is 22. The number of carbonyl (C=O) groups excluding carboxylic acids is 1. The number of hydrogen-bond acceptors (Lipinski definition) is 3. The molecule has 0 aliphatic carbocycles. The zero-order valence-electron chi connectivity index (χ0n) is 20.9. The summed E-state index contributed by atoms with van der Waals surface area (Å²) in [5, 5.41) is 22.3. The summed E-state index contributed by atoms with van der Waals surface area (Å²) in [5.74, 6) is -0.107. The monoisotopic (exact) mass is 449 g/mol. The van der Waals surface area contributed by atoms with Gasteiger partial charge in [-0.25, -0.2) is 0 Å². The van der Waals surface area contributed by atoms with Crippen LogP contribution in [0.3, 0.4) is 0 Å². The number of aliphatic hydroxyl groups is 2. The molecule has 0 fully saturated rings. The average Bonchev–Trinajstić information content (AvgIpc) is 2.79. The highest BCUT2D eigenvalue weighted by molar-refractivity contribution is 5.76. The smallest absolute Gasteiger partial charge is 0.220 e. The summed E-state index contributed by atoms with van der Waals surface area (Å²) in [4.78, 5) is 11.9. The first kappa shape index (κ1) is 30.6. The first-order valence-electron chi connectivity index (χ1n) is 13.2. The molecule has 2 unspecified atom stereocenters. The van der Waals surface area contributed by atoms with Crippen LogP contribution in [0.15, 0.2) is 36.5 Å². The van der Waals surface area contributed by atoms with Crippen molar-refractivity contribution in [2.75, 3.05) is 6.61 Å². The topological polar surface area (TPSA) is 69.6 Å². The van der Waals surface area contributed by atoms with Crippen molar-refractivity contribution in [1.82, 2.24) is 5.32 Å². The lowest BCUT2D eigenvalue weighted by molar-refractivity contribution is -0.123. The largest absolute Gasteiger partial charge is 0.394 e. The van der Waals surface area contributed by atoms with Crippen LogP contribution in [0.5, 0.6) is 0 Å². The molecule has 0 aliphatic rings. The number of unbranched alkanes of at least 4 members (excludes halogenated alkanes) is 11. The quantitative estimate of drug-likeness (QED) is 0.126. The molecule has 186 valence electrons. The molecule has 3 N–H and O–H groups in total. The van der Waals surface area contributed by atoms with E-state index in [9.17, 15) is 15.0 Å². The molecule has 0 aliphatic heterocycles. The second-order valence-electron chi connectivity index (χ2n) is 8.74. The SMILES string of the molecule is CCCCCCCCC/C=C/CC/C=C/CC/C=C/C(O)C(CO)NC(=O)CCCCC. The third-order valence-electron chi connectivity index (χ3n) is 5.60. The normalized spacial score (nSPS) is 14.0. The van der Waals surface area contributed by atoms with Gasteiger partial charge < -0.3 is 15.5 Å². The van der Waals surface area contributed by atoms with E-state index in [2.05, 4.69) is 43.5 Å². The minimum Gasteiger partial charge on any atom is -0.394 e. The molecule has 0 aromatic carbocycles. The molecule has 1 amide bonds. The van der Waals surface area contributed by atoms with Gasteiger partial charge in [-0.05, 0) is 44.9 Å². The Morgan fingerprint density at radius 2 is 1.22 bits per heavy atom. The van der Waals surface area contributed by atoms with Crippen molar-refractivity contribution in [2.45, 2.75) is 129 Å². The Hall–Kier alpha value is -1.39. The molecule has 32 heavy (non-hydrogen) atoms. The van der Waals surface area contributed by atoms with Gasteiger partial charge in [-0.15, -0.1) is 0 Å². The second-order valence-corrected chi connectivity index (χ2v) is 8.74. The maximum Gasteiger partial charge on any atom is 0.220 e. The van der Waals surface area contributed by atoms with Gasteiger partial charge in [0.2, 0.25) is 5.91 Å². The number of aliphatic hydroxyl groups excluding tert-OH is 2. The van der Waals surface area contributed by atoms with Crippen molar-refractivity contribution in [3.63, 3.8) is 0 Å². The van der Waals surface area contributed by atoms with Gasteiger partial charge >= 0.3 is 0 Å². The first-order valence-corrected chi connectivity index (χ1v) is 13.2. The molecule has 0 radical (unpaired) electrons. The lowest BCUT2D eigenvalue weighted by Gasteiger charge is -2.19. The molecule has 2 atom stereocenters. The molecule has 0 spiro atoms. The maximum atomic E-state index is 11.9. The van der Waals surface area contributed by atoms with Crippen LogP contribution in [0, 0.1) is 0 Å². The van der Waals surface area contributed by atoms with Gasteiger partial charge in [0.15, 0.2) is 0 Å². The highest BCUT2D eigenvalue weighted by Gasteiger charge is 2.17. The predicted octanol–water partition coefficient (Wildman–Crippen LogP) is 6.77. The number of nitrogens with one attached hydrogen (secondary N) is 1. The number of carbonyl (C=O) groups is 1. The zero-order chi connectivity index (χ0) is 23.7. The molecular weight excluding hydrogens is 398 g/mol. The van der Waals surface area contributed by atoms with E-state index in [-0.39, 0.29) is 12.5 Å². The van der Waals surface area contributed by atoms with Crippen molar-refractivity contribution in [2.24, 2.45) is 0 Å². The number of allylic oxidation sites excluding steroid dienone is 5. The van der Waals surface area contributed by atoms with Crippen molar-refractivity contribution < 1.29 is 15.0 Å². The van der Waals surface area contributed by atoms with Gasteiger partial charge in [0, 0.05) is 6.42 Å². The first-order chi connectivity index (χ1) is 15.7. The number of hydrogen-bond donors (Lipinski definition) is 3. The summed E-state index contributed by atoms with van der Waals surface area (Å²) in [6, 6.07) is -0.635. The fourth-order valence-corrected chi connectivity index (χ4v) is 3.50. The van der Waals surface area contributed by atoms with Gasteiger partial charge in [0.1, 0.15) is 0 Å². The second kappa shape index (κ2) is 24.3. The fraction of sp³-hybridized carbons (Fsp3) is 0.750. The molecule has 4 nitrogen and oxygen atoms in total. The van der Waals surface area contributed by atoms with Crippen LogP contribution in [0.2, 0.25) is 0 Å². The van der Waals surface area contributed by atoms with Crippen molar-refractivity contribution in [3.8, 4) is 0 Å². The lowest BCUT2D eigenvalue weighted by Crippen LogP contribution is -2.45. The van der Waals surface area contributed by atoms with Crippen molar-refractivity contribution >= 4 is 5.91 Å². The van der Waals surface area contributed by atoms with Crippen LogP contribution in [0.4, 0.5) is 0 Å². The van der Waals surface area contributed by atoms with E-state index in [1.165, 1.54) is 51.4 Å². The molecular formula is C28H51NO3. The summed E-state index contributed by atoms with van der Waals surface area (Å²) in [6.07, 6.45) is 29.8. The molecule has 0 rings (SSSR count). The van der Waals surface area contributed by atoms with Gasteiger partial charge in [-0.2, -0.15) is 0 Å². The van der Waals surface area contributed by atoms with E-state index in [1.807, 2.05) is 6.08 Å². The van der Waals surface area contributed by atoms with Crippen LogP contribution in [-0.4, -0.2) is 34.9 Å². The Balaban J connectivity index is 3.73. The standard InChI is InChI=1S/C28H51NO3/c1-3-5-7-8-9-10-11-12-13-14-15-16-17-18-19-20-22-23-27(31)26(25-30)29-28(32)24-21-6-4-2/h13-14,17-18,22-23,26-27,30-31H,3-12,15-16,19-21,24-25H2,1-2H3,(H,29,32)/b14-13+,18-17+,23-22+. The maximum absolute atomic E-state index is 11.9. The Kier molecular flexibility index (Phi) is 23.2. The molecule has 0 aromatic heterocycles. The third-order valence-corrected chi connectivity index (χ3v) is 5.60. The Labute approximate surface area is 198 Å². The van der Waals surface area contributed by atoms with Gasteiger partial charge in [-0.3, -0.25) is 4.79 Å². The van der Waals surface area contributed by atoms with E-state index >= 15 is 0 Å². The van der Waals surface area contributed by atoms with Crippen LogP contribution < -0.4 is 5.32 Å².